The summed E-state index contributed by atoms with van der Waals surface area (Å²) in [6.07, 6.45) is 1.11. The van der Waals surface area contributed by atoms with Gasteiger partial charge in [-0.15, -0.1) is 0 Å². The van der Waals surface area contributed by atoms with E-state index in [9.17, 15) is 29.8 Å². The van der Waals surface area contributed by atoms with E-state index < -0.39 is 33.0 Å². The van der Waals surface area contributed by atoms with Gasteiger partial charge >= 0.3 is 5.69 Å². The molecule has 10 heteroatoms. The van der Waals surface area contributed by atoms with Crippen LogP contribution < -0.4 is 5.43 Å². The molecule has 1 heterocycles. The maximum absolute atomic E-state index is 12.5. The van der Waals surface area contributed by atoms with E-state index in [1.165, 1.54) is 0 Å². The molecule has 0 spiro atoms. The molecule has 2 amide bonds. The molecular formula is C16H10N4O6. The Hall–Kier alpha value is -4.08. The first-order valence-electron chi connectivity index (χ1n) is 7.23. The van der Waals surface area contributed by atoms with Crippen molar-refractivity contribution < 1.29 is 19.4 Å². The fourth-order valence-corrected chi connectivity index (χ4v) is 2.40. The maximum atomic E-state index is 12.5. The summed E-state index contributed by atoms with van der Waals surface area (Å²) in [4.78, 5) is 44.9. The van der Waals surface area contributed by atoms with Gasteiger partial charge in [0.15, 0.2) is 0 Å². The predicted octanol–water partition coefficient (Wildman–Crippen LogP) is 2.28. The second-order valence-electron chi connectivity index (χ2n) is 5.23. The van der Waals surface area contributed by atoms with E-state index in [2.05, 4.69) is 5.43 Å². The normalized spacial score (nSPS) is 13.5. The highest BCUT2D eigenvalue weighted by Gasteiger charge is 2.33. The van der Waals surface area contributed by atoms with Crippen LogP contribution in [0.3, 0.4) is 0 Å². The van der Waals surface area contributed by atoms with Crippen LogP contribution in [0.2, 0.25) is 0 Å². The van der Waals surface area contributed by atoms with Gasteiger partial charge in [0.05, 0.1) is 21.5 Å². The zero-order valence-electron chi connectivity index (χ0n) is 13.0. The third-order valence-corrected chi connectivity index (χ3v) is 3.63. The fourth-order valence-electron chi connectivity index (χ4n) is 2.40. The van der Waals surface area contributed by atoms with Crippen molar-refractivity contribution in [2.45, 2.75) is 0 Å². The molecule has 3 rings (SSSR count). The average molecular weight is 354 g/mol. The number of imide groups is 1. The Morgan fingerprint density at radius 1 is 0.923 bits per heavy atom. The molecule has 2 aromatic rings. The second kappa shape index (κ2) is 6.43. The monoisotopic (exact) mass is 354 g/mol. The molecular weight excluding hydrogens is 344 g/mol. The molecule has 0 fully saturated rings. The van der Waals surface area contributed by atoms with Gasteiger partial charge in [0.2, 0.25) is 0 Å². The Balaban J connectivity index is 1.91. The first-order chi connectivity index (χ1) is 12.4. The molecule has 1 aliphatic heterocycles. The maximum Gasteiger partial charge on any atom is 0.300 e. The van der Waals surface area contributed by atoms with E-state index in [1.54, 1.807) is 30.3 Å². The minimum atomic E-state index is -0.841. The van der Waals surface area contributed by atoms with Crippen LogP contribution in [0.1, 0.15) is 5.56 Å². The molecule has 0 bridgehead atoms. The number of amides is 2. The van der Waals surface area contributed by atoms with E-state index in [0.29, 0.717) is 10.6 Å². The van der Waals surface area contributed by atoms with Crippen LogP contribution in [0.5, 0.6) is 0 Å². The molecule has 130 valence electrons. The fraction of sp³-hybridized carbons (Fsp3) is 0. The Morgan fingerprint density at radius 2 is 1.62 bits per heavy atom. The summed E-state index contributed by atoms with van der Waals surface area (Å²) in [5, 5.41) is 22.6. The Morgan fingerprint density at radius 3 is 2.23 bits per heavy atom. The average Bonchev–Trinajstić information content (AvgIpc) is 2.90. The lowest BCUT2D eigenvalue weighted by molar-refractivity contribution is -0.393. The van der Waals surface area contributed by atoms with E-state index in [-0.39, 0.29) is 11.3 Å². The number of nitro benzene ring substituents is 2. The Kier molecular flexibility index (Phi) is 4.15. The topological polar surface area (TPSA) is 136 Å². The third kappa shape index (κ3) is 2.98. The summed E-state index contributed by atoms with van der Waals surface area (Å²) < 4.78 is 0. The molecule has 0 saturated carbocycles. The molecule has 0 atom stereocenters. The highest BCUT2D eigenvalue weighted by molar-refractivity contribution is 6.33. The lowest BCUT2D eigenvalue weighted by atomic mass is 10.1. The molecule has 0 saturated heterocycles. The number of non-ortho nitro benzene ring substituents is 1. The summed E-state index contributed by atoms with van der Waals surface area (Å²) >= 11 is 0. The van der Waals surface area contributed by atoms with Crippen LogP contribution >= 0.6 is 0 Å². The summed E-state index contributed by atoms with van der Waals surface area (Å²) in [6.45, 7) is 0. The summed E-state index contributed by atoms with van der Waals surface area (Å²) in [5.41, 5.74) is 1.70. The standard InChI is InChI=1S/C16H10N4O6/c21-15-9-12(10-4-2-1-3-5-10)16(22)18(15)17-13-7-6-11(19(23)24)8-14(13)20(25)26/h1-9,17H. The number of hydrazine groups is 1. The second-order valence-corrected chi connectivity index (χ2v) is 5.23. The lowest BCUT2D eigenvalue weighted by Gasteiger charge is -2.17. The van der Waals surface area contributed by atoms with Gasteiger partial charge in [-0.2, -0.15) is 5.01 Å². The molecule has 2 aromatic carbocycles. The molecule has 0 aliphatic carbocycles. The van der Waals surface area contributed by atoms with Crippen molar-refractivity contribution in [3.63, 3.8) is 0 Å². The molecule has 26 heavy (non-hydrogen) atoms. The van der Waals surface area contributed by atoms with Crippen LogP contribution in [0.25, 0.3) is 5.57 Å². The summed E-state index contributed by atoms with van der Waals surface area (Å²) in [6, 6.07) is 11.3. The predicted molar refractivity (Wildman–Crippen MR) is 89.6 cm³/mol. The van der Waals surface area contributed by atoms with E-state index >= 15 is 0 Å². The minimum Gasteiger partial charge on any atom is -0.282 e. The highest BCUT2D eigenvalue weighted by Crippen LogP contribution is 2.31. The van der Waals surface area contributed by atoms with E-state index in [4.69, 9.17) is 0 Å². The van der Waals surface area contributed by atoms with Gasteiger partial charge in [0.1, 0.15) is 5.69 Å². The van der Waals surface area contributed by atoms with Crippen molar-refractivity contribution in [3.05, 3.63) is 80.4 Å². The van der Waals surface area contributed by atoms with Crippen molar-refractivity contribution in [1.29, 1.82) is 0 Å². The summed E-state index contributed by atoms with van der Waals surface area (Å²) in [7, 11) is 0. The molecule has 1 N–H and O–H groups in total. The van der Waals surface area contributed by atoms with Gasteiger partial charge in [-0.05, 0) is 11.6 Å². The zero-order chi connectivity index (χ0) is 18.8. The van der Waals surface area contributed by atoms with Gasteiger partial charge < -0.3 is 0 Å². The number of rotatable bonds is 5. The highest BCUT2D eigenvalue weighted by atomic mass is 16.6. The molecule has 0 unspecified atom stereocenters. The van der Waals surface area contributed by atoms with Crippen molar-refractivity contribution in [3.8, 4) is 0 Å². The Bertz CT molecular complexity index is 970. The van der Waals surface area contributed by atoms with Gasteiger partial charge in [0, 0.05) is 12.1 Å². The van der Waals surface area contributed by atoms with Crippen LogP contribution in [0.4, 0.5) is 17.1 Å². The van der Waals surface area contributed by atoms with Gasteiger partial charge in [0.25, 0.3) is 17.5 Å². The first-order valence-corrected chi connectivity index (χ1v) is 7.23. The molecule has 0 aromatic heterocycles. The number of hydrogen-bond acceptors (Lipinski definition) is 7. The quantitative estimate of drug-likeness (QED) is 0.494. The number of carbonyl (C=O) groups excluding carboxylic acids is 2. The molecule has 10 nitrogen and oxygen atoms in total. The number of carbonyl (C=O) groups is 2. The molecule has 0 radical (unpaired) electrons. The van der Waals surface area contributed by atoms with Gasteiger partial charge in [-0.3, -0.25) is 35.2 Å². The van der Waals surface area contributed by atoms with Crippen LogP contribution in [-0.4, -0.2) is 26.7 Å². The van der Waals surface area contributed by atoms with Gasteiger partial charge in [-0.1, -0.05) is 30.3 Å². The van der Waals surface area contributed by atoms with Gasteiger partial charge in [-0.25, -0.2) is 0 Å². The van der Waals surface area contributed by atoms with Crippen molar-refractivity contribution >= 4 is 34.4 Å². The SMILES string of the molecule is O=C1C=C(c2ccccc2)C(=O)N1Nc1ccc([N+](=O)[O-])cc1[N+](=O)[O-]. The van der Waals surface area contributed by atoms with Crippen LogP contribution in [0, 0.1) is 20.2 Å². The number of benzene rings is 2. The van der Waals surface area contributed by atoms with Crippen LogP contribution in [0.15, 0.2) is 54.6 Å². The number of nitro groups is 2. The van der Waals surface area contributed by atoms with E-state index in [1.807, 2.05) is 0 Å². The van der Waals surface area contributed by atoms with E-state index in [0.717, 1.165) is 24.3 Å². The number of nitrogens with zero attached hydrogens (tertiary/aromatic N) is 3. The number of anilines is 1. The largest absolute Gasteiger partial charge is 0.300 e. The van der Waals surface area contributed by atoms with Crippen molar-refractivity contribution in [1.82, 2.24) is 5.01 Å². The van der Waals surface area contributed by atoms with Crippen LogP contribution in [-0.2, 0) is 9.59 Å². The lowest BCUT2D eigenvalue weighted by Crippen LogP contribution is -2.36. The number of hydrogen-bond donors (Lipinski definition) is 1. The van der Waals surface area contributed by atoms with Crippen molar-refractivity contribution in [2.24, 2.45) is 0 Å². The number of nitrogens with one attached hydrogen (secondary N) is 1. The minimum absolute atomic E-state index is 0.132. The van der Waals surface area contributed by atoms with Crippen molar-refractivity contribution in [2.75, 3.05) is 5.43 Å². The first kappa shape index (κ1) is 16.8. The Labute approximate surface area is 145 Å². The zero-order valence-corrected chi connectivity index (χ0v) is 13.0. The smallest absolute Gasteiger partial charge is 0.282 e. The summed E-state index contributed by atoms with van der Waals surface area (Å²) in [5.74, 6) is -1.39. The molecule has 1 aliphatic rings. The third-order valence-electron chi connectivity index (χ3n) is 3.63.